The molecule has 0 aliphatic heterocycles. The predicted molar refractivity (Wildman–Crippen MR) is 109 cm³/mol. The molecule has 1 unspecified atom stereocenters. The van der Waals surface area contributed by atoms with Crippen LogP contribution in [-0.2, 0) is 11.3 Å². The van der Waals surface area contributed by atoms with Crippen LogP contribution in [0.25, 0.3) is 10.9 Å². The van der Waals surface area contributed by atoms with Gasteiger partial charge in [-0.15, -0.1) is 0 Å². The highest BCUT2D eigenvalue weighted by atomic mass is 35.5. The molecule has 146 valence electrons. The van der Waals surface area contributed by atoms with Gasteiger partial charge >= 0.3 is 0 Å². The maximum atomic E-state index is 12.9. The highest BCUT2D eigenvalue weighted by molar-refractivity contribution is 6.31. The normalized spacial score (nSPS) is 16.0. The van der Waals surface area contributed by atoms with Crippen molar-refractivity contribution in [3.63, 3.8) is 0 Å². The molecule has 1 saturated carbocycles. The Balaban J connectivity index is 1.85. The molecule has 0 N–H and O–H groups in total. The summed E-state index contributed by atoms with van der Waals surface area (Å²) >= 11 is 6.04. The maximum Gasteiger partial charge on any atom is 0.261 e. The largest absolute Gasteiger partial charge is 0.336 e. The Morgan fingerprint density at radius 1 is 1.37 bits per heavy atom. The summed E-state index contributed by atoms with van der Waals surface area (Å²) in [7, 11) is 1.81. The van der Waals surface area contributed by atoms with Gasteiger partial charge in [0, 0.05) is 25.0 Å². The number of hydrogen-bond acceptors (Lipinski definition) is 3. The van der Waals surface area contributed by atoms with Gasteiger partial charge in [0.2, 0.25) is 5.91 Å². The van der Waals surface area contributed by atoms with Crippen molar-refractivity contribution in [3.05, 3.63) is 39.4 Å². The molecular weight excluding hydrogens is 362 g/mol. The summed E-state index contributed by atoms with van der Waals surface area (Å²) in [6.45, 7) is 4.35. The van der Waals surface area contributed by atoms with Crippen LogP contribution in [0, 0.1) is 5.92 Å². The zero-order valence-corrected chi connectivity index (χ0v) is 17.1. The number of nitrogens with zero attached hydrogens (tertiary/aromatic N) is 3. The first-order chi connectivity index (χ1) is 12.9. The molecule has 3 rings (SSSR count). The predicted octanol–water partition coefficient (Wildman–Crippen LogP) is 4.56. The van der Waals surface area contributed by atoms with E-state index in [9.17, 15) is 9.59 Å². The first-order valence-corrected chi connectivity index (χ1v) is 10.3. The molecule has 5 nitrogen and oxygen atoms in total. The van der Waals surface area contributed by atoms with Crippen molar-refractivity contribution in [2.45, 2.75) is 65.0 Å². The number of hydrogen-bond donors (Lipinski definition) is 0. The van der Waals surface area contributed by atoms with Crippen molar-refractivity contribution < 1.29 is 4.79 Å². The van der Waals surface area contributed by atoms with E-state index in [2.05, 4.69) is 0 Å². The van der Waals surface area contributed by atoms with Gasteiger partial charge < -0.3 is 4.90 Å². The Hall–Kier alpha value is -1.88. The van der Waals surface area contributed by atoms with Crippen molar-refractivity contribution in [2.24, 2.45) is 5.92 Å². The standard InChI is InChI=1S/C21H28ClN3O2/c1-4-25-20(23-18-11-10-16(22)13-17(18)21(25)27)14(2)24(3)19(26)12-9-15-7-5-6-8-15/h10-11,13-15H,4-9,12H2,1-3H3. The van der Waals surface area contributed by atoms with Crippen LogP contribution in [0.4, 0.5) is 0 Å². The first kappa shape index (κ1) is 19.9. The number of fused-ring (bicyclic) bond motifs is 1. The molecule has 1 heterocycles. The maximum absolute atomic E-state index is 12.9. The Morgan fingerprint density at radius 2 is 2.07 bits per heavy atom. The van der Waals surface area contributed by atoms with E-state index < -0.39 is 0 Å². The average Bonchev–Trinajstić information content (AvgIpc) is 3.19. The van der Waals surface area contributed by atoms with Gasteiger partial charge in [0.15, 0.2) is 0 Å². The monoisotopic (exact) mass is 389 g/mol. The first-order valence-electron chi connectivity index (χ1n) is 9.88. The number of rotatable bonds is 6. The lowest BCUT2D eigenvalue weighted by Gasteiger charge is -2.27. The number of halogens is 1. The quantitative estimate of drug-likeness (QED) is 0.727. The lowest BCUT2D eigenvalue weighted by Crippen LogP contribution is -2.35. The smallest absolute Gasteiger partial charge is 0.261 e. The van der Waals surface area contributed by atoms with E-state index in [1.807, 2.05) is 13.8 Å². The molecule has 1 aliphatic carbocycles. The molecule has 1 aliphatic rings. The second-order valence-electron chi connectivity index (χ2n) is 7.55. The molecule has 27 heavy (non-hydrogen) atoms. The molecule has 1 atom stereocenters. The lowest BCUT2D eigenvalue weighted by atomic mass is 10.0. The number of aromatic nitrogens is 2. The van der Waals surface area contributed by atoms with Crippen LogP contribution in [0.1, 0.15) is 64.2 Å². The van der Waals surface area contributed by atoms with Gasteiger partial charge in [-0.1, -0.05) is 37.3 Å². The third-order valence-corrected chi connectivity index (χ3v) is 6.09. The van der Waals surface area contributed by atoms with E-state index in [-0.39, 0.29) is 17.5 Å². The van der Waals surface area contributed by atoms with Crippen LogP contribution >= 0.6 is 11.6 Å². The molecule has 0 spiro atoms. The third kappa shape index (κ3) is 4.18. The molecule has 1 aromatic carbocycles. The fourth-order valence-electron chi connectivity index (χ4n) is 4.03. The summed E-state index contributed by atoms with van der Waals surface area (Å²) < 4.78 is 1.64. The van der Waals surface area contributed by atoms with Gasteiger partial charge in [-0.3, -0.25) is 14.2 Å². The van der Waals surface area contributed by atoms with Crippen molar-refractivity contribution in [1.82, 2.24) is 14.5 Å². The summed E-state index contributed by atoms with van der Waals surface area (Å²) in [4.78, 5) is 32.0. The Kier molecular flexibility index (Phi) is 6.20. The van der Waals surface area contributed by atoms with Crippen molar-refractivity contribution in [1.29, 1.82) is 0 Å². The van der Waals surface area contributed by atoms with E-state index in [0.717, 1.165) is 6.42 Å². The van der Waals surface area contributed by atoms with E-state index in [4.69, 9.17) is 16.6 Å². The highest BCUT2D eigenvalue weighted by Crippen LogP contribution is 2.29. The fraction of sp³-hybridized carbons (Fsp3) is 0.571. The minimum Gasteiger partial charge on any atom is -0.336 e. The molecule has 0 saturated heterocycles. The van der Waals surface area contributed by atoms with E-state index in [1.54, 1.807) is 34.7 Å². The van der Waals surface area contributed by atoms with Gasteiger partial charge in [-0.2, -0.15) is 0 Å². The summed E-state index contributed by atoms with van der Waals surface area (Å²) in [5.74, 6) is 1.42. The molecule has 0 radical (unpaired) electrons. The van der Waals surface area contributed by atoms with Crippen LogP contribution in [0.2, 0.25) is 5.02 Å². The van der Waals surface area contributed by atoms with E-state index in [1.165, 1.54) is 25.7 Å². The number of carbonyl (C=O) groups is 1. The highest BCUT2D eigenvalue weighted by Gasteiger charge is 2.24. The molecular formula is C21H28ClN3O2. The van der Waals surface area contributed by atoms with Crippen LogP contribution < -0.4 is 5.56 Å². The van der Waals surface area contributed by atoms with Crippen molar-refractivity contribution >= 4 is 28.4 Å². The Morgan fingerprint density at radius 3 is 2.74 bits per heavy atom. The SMILES string of the molecule is CCn1c(C(C)N(C)C(=O)CCC2CCCC2)nc2ccc(Cl)cc2c1=O. The van der Waals surface area contributed by atoms with Crippen LogP contribution in [-0.4, -0.2) is 27.4 Å². The number of carbonyl (C=O) groups excluding carboxylic acids is 1. The minimum atomic E-state index is -0.270. The van der Waals surface area contributed by atoms with Gasteiger partial charge in [0.05, 0.1) is 16.9 Å². The lowest BCUT2D eigenvalue weighted by molar-refractivity contribution is -0.132. The fourth-order valence-corrected chi connectivity index (χ4v) is 4.20. The Labute approximate surface area is 165 Å². The molecule has 0 bridgehead atoms. The summed E-state index contributed by atoms with van der Waals surface area (Å²) in [5.41, 5.74) is 0.501. The summed E-state index contributed by atoms with van der Waals surface area (Å²) in [6, 6.07) is 4.88. The van der Waals surface area contributed by atoms with Crippen molar-refractivity contribution in [3.8, 4) is 0 Å². The van der Waals surface area contributed by atoms with Crippen LogP contribution in [0.5, 0.6) is 0 Å². The minimum absolute atomic E-state index is 0.112. The topological polar surface area (TPSA) is 55.2 Å². The van der Waals surface area contributed by atoms with Gasteiger partial charge in [-0.25, -0.2) is 4.98 Å². The number of benzene rings is 1. The zero-order chi connectivity index (χ0) is 19.6. The summed E-state index contributed by atoms with van der Waals surface area (Å²) in [5, 5.41) is 1.03. The van der Waals surface area contributed by atoms with Crippen LogP contribution in [0.15, 0.2) is 23.0 Å². The molecule has 2 aromatic rings. The molecule has 1 aromatic heterocycles. The van der Waals surface area contributed by atoms with E-state index in [0.29, 0.717) is 40.6 Å². The molecule has 1 fully saturated rings. The number of amides is 1. The van der Waals surface area contributed by atoms with Gasteiger partial charge in [-0.05, 0) is 44.4 Å². The third-order valence-electron chi connectivity index (χ3n) is 5.85. The zero-order valence-electron chi connectivity index (χ0n) is 16.4. The summed E-state index contributed by atoms with van der Waals surface area (Å²) in [6.07, 6.45) is 6.59. The molecule has 6 heteroatoms. The van der Waals surface area contributed by atoms with E-state index >= 15 is 0 Å². The molecule has 1 amide bonds. The van der Waals surface area contributed by atoms with Crippen LogP contribution in [0.3, 0.4) is 0 Å². The van der Waals surface area contributed by atoms with Gasteiger partial charge in [0.25, 0.3) is 5.56 Å². The second-order valence-corrected chi connectivity index (χ2v) is 7.99. The van der Waals surface area contributed by atoms with Crippen molar-refractivity contribution in [2.75, 3.05) is 7.05 Å². The second kappa shape index (κ2) is 8.42. The average molecular weight is 390 g/mol. The van der Waals surface area contributed by atoms with Gasteiger partial charge in [0.1, 0.15) is 5.82 Å². The Bertz CT molecular complexity index is 887.